The molecule has 210 valence electrons. The first kappa shape index (κ1) is 26.7. The number of rotatable bonds is 6. The Kier molecular flexibility index (Phi) is 6.63. The maximum absolute atomic E-state index is 13.5. The van der Waals surface area contributed by atoms with E-state index in [9.17, 15) is 32.3 Å². The van der Waals surface area contributed by atoms with Crippen LogP contribution in [0.4, 0.5) is 24.5 Å². The Labute approximate surface area is 233 Å². The maximum atomic E-state index is 13.5. The molecule has 2 aliphatic carbocycles. The number of hydrogen-bond donors (Lipinski definition) is 1. The molecular formula is C31H25F3N2O5. The summed E-state index contributed by atoms with van der Waals surface area (Å²) in [7, 11) is 0. The highest BCUT2D eigenvalue weighted by molar-refractivity contribution is 6.22. The van der Waals surface area contributed by atoms with Gasteiger partial charge in [0.1, 0.15) is 0 Å². The van der Waals surface area contributed by atoms with E-state index in [4.69, 9.17) is 4.74 Å². The zero-order valence-electron chi connectivity index (χ0n) is 21.6. The van der Waals surface area contributed by atoms with Crippen molar-refractivity contribution < 1.29 is 37.1 Å². The number of halogens is 3. The number of anilines is 2. The molecule has 1 aliphatic heterocycles. The summed E-state index contributed by atoms with van der Waals surface area (Å²) in [5.74, 6) is -2.22. The molecular weight excluding hydrogens is 537 g/mol. The van der Waals surface area contributed by atoms with Crippen LogP contribution in [-0.4, -0.2) is 30.3 Å². The van der Waals surface area contributed by atoms with Crippen LogP contribution in [0.5, 0.6) is 0 Å². The number of hydrogen-bond acceptors (Lipinski definition) is 5. The molecule has 0 spiro atoms. The predicted molar refractivity (Wildman–Crippen MR) is 142 cm³/mol. The van der Waals surface area contributed by atoms with Gasteiger partial charge in [-0.2, -0.15) is 13.2 Å². The Balaban J connectivity index is 1.08. The number of carbonyl (C=O) groups excluding carboxylic acids is 4. The minimum absolute atomic E-state index is 0.0848. The van der Waals surface area contributed by atoms with Crippen molar-refractivity contribution in [1.29, 1.82) is 0 Å². The summed E-state index contributed by atoms with van der Waals surface area (Å²) in [5, 5.41) is 2.26. The first-order chi connectivity index (χ1) is 19.6. The fourth-order valence-electron chi connectivity index (χ4n) is 6.73. The normalized spacial score (nSPS) is 24.9. The summed E-state index contributed by atoms with van der Waals surface area (Å²) in [6.45, 7) is -0.714. The van der Waals surface area contributed by atoms with E-state index in [-0.39, 0.29) is 52.7 Å². The van der Waals surface area contributed by atoms with Crippen LogP contribution < -0.4 is 10.2 Å². The largest absolute Gasteiger partial charge is 0.452 e. The molecule has 3 aromatic rings. The van der Waals surface area contributed by atoms with Crippen molar-refractivity contribution in [1.82, 2.24) is 0 Å². The third-order valence-electron chi connectivity index (χ3n) is 8.41. The van der Waals surface area contributed by atoms with E-state index in [2.05, 4.69) is 17.4 Å². The molecule has 2 saturated carbocycles. The van der Waals surface area contributed by atoms with Gasteiger partial charge in [-0.25, -0.2) is 4.79 Å². The van der Waals surface area contributed by atoms with E-state index in [0.29, 0.717) is 5.69 Å². The Hall–Kier alpha value is -4.47. The van der Waals surface area contributed by atoms with Gasteiger partial charge in [-0.1, -0.05) is 36.4 Å². The molecule has 3 aromatic carbocycles. The summed E-state index contributed by atoms with van der Waals surface area (Å²) in [6.07, 6.45) is -2.81. The minimum Gasteiger partial charge on any atom is -0.452 e. The monoisotopic (exact) mass is 562 g/mol. The van der Waals surface area contributed by atoms with Crippen molar-refractivity contribution in [3.63, 3.8) is 0 Å². The number of carbonyl (C=O) groups is 4. The lowest BCUT2D eigenvalue weighted by atomic mass is 9.73. The number of fused-ring (bicyclic) bond motifs is 5. The van der Waals surface area contributed by atoms with Gasteiger partial charge in [0.15, 0.2) is 6.61 Å². The average Bonchev–Trinajstić information content (AvgIpc) is 3.63. The molecule has 3 fully saturated rings. The van der Waals surface area contributed by atoms with Crippen LogP contribution in [0.3, 0.4) is 0 Å². The van der Waals surface area contributed by atoms with Gasteiger partial charge < -0.3 is 10.1 Å². The summed E-state index contributed by atoms with van der Waals surface area (Å²) in [4.78, 5) is 52.7. The second kappa shape index (κ2) is 10.2. The Bertz CT molecular complexity index is 1520. The number of nitrogens with one attached hydrogen (secondary N) is 1. The van der Waals surface area contributed by atoms with Gasteiger partial charge in [0, 0.05) is 5.69 Å². The van der Waals surface area contributed by atoms with E-state index in [1.165, 1.54) is 40.8 Å². The highest BCUT2D eigenvalue weighted by atomic mass is 19.4. The zero-order valence-corrected chi connectivity index (χ0v) is 21.6. The van der Waals surface area contributed by atoms with Crippen LogP contribution in [0.15, 0.2) is 78.9 Å². The second-order valence-electron chi connectivity index (χ2n) is 10.7. The summed E-state index contributed by atoms with van der Waals surface area (Å²) < 4.78 is 43.6. The highest BCUT2D eigenvalue weighted by Crippen LogP contribution is 2.61. The van der Waals surface area contributed by atoms with E-state index in [1.807, 2.05) is 18.2 Å². The minimum atomic E-state index is -4.56. The van der Waals surface area contributed by atoms with E-state index in [0.717, 1.165) is 31.0 Å². The van der Waals surface area contributed by atoms with Crippen molar-refractivity contribution in [2.24, 2.45) is 23.7 Å². The molecule has 3 amide bonds. The molecule has 41 heavy (non-hydrogen) atoms. The van der Waals surface area contributed by atoms with Gasteiger partial charge in [-0.15, -0.1) is 0 Å². The van der Waals surface area contributed by atoms with Crippen LogP contribution in [0.25, 0.3) is 0 Å². The average molecular weight is 563 g/mol. The lowest BCUT2D eigenvalue weighted by molar-refractivity contribution is -0.137. The SMILES string of the molecule is O=C(COC(=O)c1ccc(N2C(=O)[C@@H]3[C@@H]4C[C@@H]([C@@H]3C2=O)[C@H](c2ccccc2)C4)cc1)Nc1cccc(C(F)(F)F)c1. The number of amides is 3. The van der Waals surface area contributed by atoms with Crippen molar-refractivity contribution in [2.75, 3.05) is 16.8 Å². The molecule has 0 aromatic heterocycles. The molecule has 1 saturated heterocycles. The molecule has 10 heteroatoms. The van der Waals surface area contributed by atoms with Gasteiger partial charge in [0.05, 0.1) is 28.7 Å². The molecule has 5 atom stereocenters. The standard InChI is InChI=1S/C31H25F3N2O5/c32-31(33,34)20-7-4-8-21(15-20)35-25(37)16-41-30(40)18-9-11-22(12-10-18)36-28(38)26-19-13-23(17-5-2-1-3-6-17)24(14-19)27(26)29(36)39/h1-12,15,19,23-24,26-27H,13-14,16H2,(H,35,37)/t19-,23-,24+,26+,27-/m0/s1. The zero-order chi connectivity index (χ0) is 28.9. The quantitative estimate of drug-likeness (QED) is 0.320. The van der Waals surface area contributed by atoms with Crippen molar-refractivity contribution in [2.45, 2.75) is 24.9 Å². The van der Waals surface area contributed by atoms with Crippen LogP contribution in [0.1, 0.15) is 40.2 Å². The number of imide groups is 1. The summed E-state index contributed by atoms with van der Waals surface area (Å²) in [5.41, 5.74) is 0.643. The van der Waals surface area contributed by atoms with Gasteiger partial charge in [-0.05, 0) is 78.6 Å². The summed E-state index contributed by atoms with van der Waals surface area (Å²) >= 11 is 0. The molecule has 1 N–H and O–H groups in total. The number of alkyl halides is 3. The van der Waals surface area contributed by atoms with Crippen molar-refractivity contribution in [3.8, 4) is 0 Å². The molecule has 2 bridgehead atoms. The third kappa shape index (κ3) is 4.87. The number of benzene rings is 3. The molecule has 0 unspecified atom stereocenters. The molecule has 1 heterocycles. The van der Waals surface area contributed by atoms with Gasteiger partial charge in [0.25, 0.3) is 5.91 Å². The highest BCUT2D eigenvalue weighted by Gasteiger charge is 2.64. The fourth-order valence-corrected chi connectivity index (χ4v) is 6.73. The van der Waals surface area contributed by atoms with Crippen molar-refractivity contribution >= 4 is 35.1 Å². The fraction of sp³-hybridized carbons (Fsp3) is 0.290. The molecule has 0 radical (unpaired) electrons. The Morgan fingerprint density at radius 2 is 1.59 bits per heavy atom. The van der Waals surface area contributed by atoms with E-state index in [1.54, 1.807) is 0 Å². The van der Waals surface area contributed by atoms with Crippen LogP contribution in [0, 0.1) is 23.7 Å². The van der Waals surface area contributed by atoms with Crippen LogP contribution >= 0.6 is 0 Å². The third-order valence-corrected chi connectivity index (χ3v) is 8.41. The Morgan fingerprint density at radius 1 is 0.878 bits per heavy atom. The topological polar surface area (TPSA) is 92.8 Å². The van der Waals surface area contributed by atoms with E-state index >= 15 is 0 Å². The summed E-state index contributed by atoms with van der Waals surface area (Å²) in [6, 6.07) is 20.0. The van der Waals surface area contributed by atoms with Crippen molar-refractivity contribution in [3.05, 3.63) is 95.6 Å². The number of esters is 1. The maximum Gasteiger partial charge on any atom is 0.416 e. The van der Waals surface area contributed by atoms with Crippen LogP contribution in [0.2, 0.25) is 0 Å². The Morgan fingerprint density at radius 3 is 2.29 bits per heavy atom. The first-order valence-corrected chi connectivity index (χ1v) is 13.3. The van der Waals surface area contributed by atoms with Gasteiger partial charge in [0.2, 0.25) is 11.8 Å². The lowest BCUT2D eigenvalue weighted by Crippen LogP contribution is -2.33. The molecule has 3 aliphatic rings. The second-order valence-corrected chi connectivity index (χ2v) is 10.7. The number of ether oxygens (including phenoxy) is 1. The van der Waals surface area contributed by atoms with Gasteiger partial charge in [-0.3, -0.25) is 19.3 Å². The van der Waals surface area contributed by atoms with Crippen LogP contribution in [-0.2, 0) is 25.3 Å². The number of nitrogens with zero attached hydrogens (tertiary/aromatic N) is 1. The van der Waals surface area contributed by atoms with Gasteiger partial charge >= 0.3 is 12.1 Å². The van der Waals surface area contributed by atoms with E-state index < -0.39 is 30.2 Å². The smallest absolute Gasteiger partial charge is 0.416 e. The molecule has 7 nitrogen and oxygen atoms in total. The first-order valence-electron chi connectivity index (χ1n) is 13.3. The lowest BCUT2D eigenvalue weighted by Gasteiger charge is -2.28. The predicted octanol–water partition coefficient (Wildman–Crippen LogP) is 5.43. The molecule has 6 rings (SSSR count).